The van der Waals surface area contributed by atoms with E-state index in [1.54, 1.807) is 6.07 Å². The molecule has 0 spiro atoms. The van der Waals surface area contributed by atoms with Crippen LogP contribution in [0.4, 0.5) is 4.39 Å². The van der Waals surface area contributed by atoms with E-state index in [-0.39, 0.29) is 29.6 Å². The van der Waals surface area contributed by atoms with E-state index in [4.69, 9.17) is 0 Å². The minimum absolute atomic E-state index is 0.0187. The highest BCUT2D eigenvalue weighted by Crippen LogP contribution is 2.10. The predicted octanol–water partition coefficient (Wildman–Crippen LogP) is 2.96. The van der Waals surface area contributed by atoms with Gasteiger partial charge in [0.1, 0.15) is 5.82 Å². The van der Waals surface area contributed by atoms with Crippen molar-refractivity contribution in [3.05, 3.63) is 35.6 Å². The molecule has 0 radical (unpaired) electrons. The maximum atomic E-state index is 13.1. The van der Waals surface area contributed by atoms with E-state index in [0.29, 0.717) is 6.42 Å². The third kappa shape index (κ3) is 4.57. The maximum absolute atomic E-state index is 13.1. The zero-order valence-corrected chi connectivity index (χ0v) is 11.5. The molecule has 1 rings (SSSR count). The van der Waals surface area contributed by atoms with Gasteiger partial charge in [-0.2, -0.15) is 0 Å². The molecule has 0 amide bonds. The van der Waals surface area contributed by atoms with E-state index in [0.717, 1.165) is 5.56 Å². The van der Waals surface area contributed by atoms with Gasteiger partial charge < -0.3 is 5.32 Å². The molecular formula is C15H22FNO. The fraction of sp³-hybridized carbons (Fsp3) is 0.533. The Labute approximate surface area is 109 Å². The van der Waals surface area contributed by atoms with Crippen LogP contribution >= 0.6 is 0 Å². The molecule has 0 aromatic heterocycles. The van der Waals surface area contributed by atoms with E-state index < -0.39 is 0 Å². The van der Waals surface area contributed by atoms with E-state index >= 15 is 0 Å². The second-order valence-corrected chi connectivity index (χ2v) is 5.27. The van der Waals surface area contributed by atoms with Crippen LogP contribution < -0.4 is 5.32 Å². The molecule has 1 aromatic rings. The summed E-state index contributed by atoms with van der Waals surface area (Å²) in [4.78, 5) is 12.1. The fourth-order valence-corrected chi connectivity index (χ4v) is 1.95. The summed E-state index contributed by atoms with van der Waals surface area (Å²) >= 11 is 0. The van der Waals surface area contributed by atoms with Gasteiger partial charge in [-0.1, -0.05) is 39.8 Å². The van der Waals surface area contributed by atoms with Gasteiger partial charge in [-0.25, -0.2) is 4.39 Å². The van der Waals surface area contributed by atoms with E-state index in [1.165, 1.54) is 12.1 Å². The van der Waals surface area contributed by atoms with Crippen molar-refractivity contribution in [3.63, 3.8) is 0 Å². The lowest BCUT2D eigenvalue weighted by Crippen LogP contribution is -2.44. The zero-order chi connectivity index (χ0) is 13.7. The van der Waals surface area contributed by atoms with Crippen LogP contribution in [0.5, 0.6) is 0 Å². The summed E-state index contributed by atoms with van der Waals surface area (Å²) in [5.74, 6) is -0.101. The van der Waals surface area contributed by atoms with Crippen LogP contribution in [0, 0.1) is 11.7 Å². The smallest absolute Gasteiger partial charge is 0.152 e. The highest BCUT2D eigenvalue weighted by molar-refractivity contribution is 5.86. The molecule has 2 nitrogen and oxygen atoms in total. The summed E-state index contributed by atoms with van der Waals surface area (Å²) in [5.41, 5.74) is 0.849. The molecule has 18 heavy (non-hydrogen) atoms. The standard InChI is InChI=1S/C15H22FNO/c1-10(2)15(18)14(17-11(3)4)9-12-6-5-7-13(16)8-12/h5-8,10-11,14,17H,9H2,1-4H3/t14-/m0/s1. The van der Waals surface area contributed by atoms with Gasteiger partial charge in [0.15, 0.2) is 5.78 Å². The van der Waals surface area contributed by atoms with Crippen LogP contribution in [-0.2, 0) is 11.2 Å². The molecule has 1 aromatic carbocycles. The van der Waals surface area contributed by atoms with E-state index in [2.05, 4.69) is 5.32 Å². The molecule has 0 fully saturated rings. The minimum Gasteiger partial charge on any atom is -0.305 e. The number of Topliss-reactive ketones (excluding diaryl/α,β-unsaturated/α-hetero) is 1. The van der Waals surface area contributed by atoms with Gasteiger partial charge in [0.25, 0.3) is 0 Å². The number of benzene rings is 1. The second kappa shape index (κ2) is 6.64. The minimum atomic E-state index is -0.257. The summed E-state index contributed by atoms with van der Waals surface area (Å²) < 4.78 is 13.1. The number of carbonyl (C=O) groups is 1. The Balaban J connectivity index is 2.81. The van der Waals surface area contributed by atoms with Gasteiger partial charge in [-0.3, -0.25) is 4.79 Å². The quantitative estimate of drug-likeness (QED) is 0.842. The van der Waals surface area contributed by atoms with E-state index in [9.17, 15) is 9.18 Å². The number of nitrogens with one attached hydrogen (secondary N) is 1. The fourth-order valence-electron chi connectivity index (χ4n) is 1.95. The van der Waals surface area contributed by atoms with Crippen LogP contribution in [-0.4, -0.2) is 17.9 Å². The van der Waals surface area contributed by atoms with Crippen LogP contribution in [0.1, 0.15) is 33.3 Å². The molecule has 100 valence electrons. The van der Waals surface area contributed by atoms with Gasteiger partial charge in [-0.05, 0) is 24.1 Å². The third-order valence-electron chi connectivity index (χ3n) is 2.78. The number of halogens is 1. The zero-order valence-electron chi connectivity index (χ0n) is 11.5. The predicted molar refractivity (Wildman–Crippen MR) is 72.0 cm³/mol. The van der Waals surface area contributed by atoms with Crippen molar-refractivity contribution < 1.29 is 9.18 Å². The van der Waals surface area contributed by atoms with Crippen molar-refractivity contribution >= 4 is 5.78 Å². The molecule has 3 heteroatoms. The molecule has 0 saturated heterocycles. The largest absolute Gasteiger partial charge is 0.305 e. The average Bonchev–Trinajstić information content (AvgIpc) is 2.26. The van der Waals surface area contributed by atoms with Crippen molar-refractivity contribution in [1.82, 2.24) is 5.32 Å². The Kier molecular flexibility index (Phi) is 5.48. The van der Waals surface area contributed by atoms with Gasteiger partial charge in [0, 0.05) is 12.0 Å². The normalized spacial score (nSPS) is 13.1. The Bertz CT molecular complexity index is 401. The summed E-state index contributed by atoms with van der Waals surface area (Å²) in [5, 5.41) is 3.26. The molecule has 0 heterocycles. The summed E-state index contributed by atoms with van der Waals surface area (Å²) in [6.45, 7) is 7.80. The first-order chi connectivity index (χ1) is 8.40. The molecule has 0 bridgehead atoms. The highest BCUT2D eigenvalue weighted by atomic mass is 19.1. The number of ketones is 1. The number of hydrogen-bond donors (Lipinski definition) is 1. The van der Waals surface area contributed by atoms with Crippen molar-refractivity contribution in [1.29, 1.82) is 0 Å². The van der Waals surface area contributed by atoms with Crippen molar-refractivity contribution in [2.75, 3.05) is 0 Å². The molecule has 0 saturated carbocycles. The number of carbonyl (C=O) groups excluding carboxylic acids is 1. The first kappa shape index (κ1) is 14.8. The monoisotopic (exact) mass is 251 g/mol. The maximum Gasteiger partial charge on any atom is 0.152 e. The van der Waals surface area contributed by atoms with Crippen LogP contribution in [0.2, 0.25) is 0 Å². The van der Waals surface area contributed by atoms with Gasteiger partial charge >= 0.3 is 0 Å². The van der Waals surface area contributed by atoms with Crippen molar-refractivity contribution in [2.45, 2.75) is 46.2 Å². The Morgan fingerprint density at radius 2 is 1.94 bits per heavy atom. The molecule has 1 N–H and O–H groups in total. The van der Waals surface area contributed by atoms with Gasteiger partial charge in [0.05, 0.1) is 6.04 Å². The molecule has 1 atom stereocenters. The highest BCUT2D eigenvalue weighted by Gasteiger charge is 2.22. The van der Waals surface area contributed by atoms with Crippen LogP contribution in [0.25, 0.3) is 0 Å². The molecule has 0 aliphatic heterocycles. The Morgan fingerprint density at radius 3 is 2.44 bits per heavy atom. The second-order valence-electron chi connectivity index (χ2n) is 5.27. The molecule has 0 unspecified atom stereocenters. The van der Waals surface area contributed by atoms with Gasteiger partial charge in [0.2, 0.25) is 0 Å². The molecule has 0 aliphatic carbocycles. The Morgan fingerprint density at radius 1 is 1.28 bits per heavy atom. The number of hydrogen-bond acceptors (Lipinski definition) is 2. The molecule has 0 aliphatic rings. The van der Waals surface area contributed by atoms with Crippen LogP contribution in [0.15, 0.2) is 24.3 Å². The lowest BCUT2D eigenvalue weighted by atomic mass is 9.95. The first-order valence-corrected chi connectivity index (χ1v) is 6.44. The van der Waals surface area contributed by atoms with Crippen LogP contribution in [0.3, 0.4) is 0 Å². The Hall–Kier alpha value is -1.22. The number of rotatable bonds is 6. The molecular weight excluding hydrogens is 229 g/mol. The first-order valence-electron chi connectivity index (χ1n) is 6.44. The third-order valence-corrected chi connectivity index (χ3v) is 2.78. The topological polar surface area (TPSA) is 29.1 Å². The average molecular weight is 251 g/mol. The summed E-state index contributed by atoms with van der Waals surface area (Å²) in [7, 11) is 0. The lowest BCUT2D eigenvalue weighted by Gasteiger charge is -2.22. The van der Waals surface area contributed by atoms with Crippen molar-refractivity contribution in [3.8, 4) is 0 Å². The van der Waals surface area contributed by atoms with Gasteiger partial charge in [-0.15, -0.1) is 0 Å². The summed E-state index contributed by atoms with van der Waals surface area (Å²) in [6.07, 6.45) is 0.535. The SMILES string of the molecule is CC(C)N[C@@H](Cc1cccc(F)c1)C(=O)C(C)C. The van der Waals surface area contributed by atoms with E-state index in [1.807, 2.05) is 33.8 Å². The summed E-state index contributed by atoms with van der Waals surface area (Å²) in [6, 6.07) is 6.42. The van der Waals surface area contributed by atoms with Crippen molar-refractivity contribution in [2.24, 2.45) is 5.92 Å². The lowest BCUT2D eigenvalue weighted by molar-refractivity contribution is -0.124.